The molecule has 0 aliphatic rings. The van der Waals surface area contributed by atoms with Crippen LogP contribution in [0.3, 0.4) is 0 Å². The Morgan fingerprint density at radius 3 is 2.65 bits per heavy atom. The van der Waals surface area contributed by atoms with Gasteiger partial charge in [-0.3, -0.25) is 9.78 Å². The molecule has 2 aromatic rings. The van der Waals surface area contributed by atoms with Gasteiger partial charge in [0.2, 0.25) is 0 Å². The number of hydrogen-bond donors (Lipinski definition) is 0. The molecule has 1 aromatic heterocycles. The second-order valence-corrected chi connectivity index (χ2v) is 5.74. The van der Waals surface area contributed by atoms with Gasteiger partial charge in [0.1, 0.15) is 11.5 Å². The lowest BCUT2D eigenvalue weighted by Crippen LogP contribution is -2.27. The lowest BCUT2D eigenvalue weighted by Gasteiger charge is -2.17. The molecule has 0 spiro atoms. The van der Waals surface area contributed by atoms with Gasteiger partial charge in [0.05, 0.1) is 12.7 Å². The fraction of sp³-hybridized carbons (Fsp3) is 0.188. The van der Waals surface area contributed by atoms with Crippen LogP contribution in [0.25, 0.3) is 0 Å². The van der Waals surface area contributed by atoms with Gasteiger partial charge in [-0.15, -0.1) is 0 Å². The largest absolute Gasteiger partial charge is 0.465 e. The maximum absolute atomic E-state index is 13.8. The van der Waals surface area contributed by atoms with Crippen molar-refractivity contribution in [2.24, 2.45) is 0 Å². The third-order valence-corrected chi connectivity index (χ3v) is 3.66. The van der Waals surface area contributed by atoms with E-state index in [1.165, 1.54) is 36.4 Å². The SMILES string of the molecule is COC(=O)c1ccc(C(=O)N(C)Cc2cc(Br)ccc2F)nc1. The Morgan fingerprint density at radius 2 is 2.04 bits per heavy atom. The van der Waals surface area contributed by atoms with E-state index in [2.05, 4.69) is 25.7 Å². The number of ether oxygens (including phenoxy) is 1. The molecule has 0 bridgehead atoms. The van der Waals surface area contributed by atoms with Crippen LogP contribution < -0.4 is 0 Å². The number of amides is 1. The van der Waals surface area contributed by atoms with E-state index >= 15 is 0 Å². The van der Waals surface area contributed by atoms with Crippen LogP contribution in [0, 0.1) is 5.82 Å². The Balaban J connectivity index is 2.13. The van der Waals surface area contributed by atoms with E-state index in [4.69, 9.17) is 0 Å². The van der Waals surface area contributed by atoms with Crippen molar-refractivity contribution in [2.45, 2.75) is 6.54 Å². The van der Waals surface area contributed by atoms with Gasteiger partial charge in [-0.1, -0.05) is 15.9 Å². The van der Waals surface area contributed by atoms with E-state index in [1.807, 2.05) is 0 Å². The van der Waals surface area contributed by atoms with Gasteiger partial charge >= 0.3 is 5.97 Å². The summed E-state index contributed by atoms with van der Waals surface area (Å²) >= 11 is 3.27. The lowest BCUT2D eigenvalue weighted by atomic mass is 10.2. The molecule has 0 fully saturated rings. The summed E-state index contributed by atoms with van der Waals surface area (Å²) in [7, 11) is 2.82. The molecule has 1 amide bonds. The van der Waals surface area contributed by atoms with E-state index in [-0.39, 0.29) is 29.5 Å². The number of carbonyl (C=O) groups is 2. The predicted octanol–water partition coefficient (Wildman–Crippen LogP) is 3.04. The molecule has 0 atom stereocenters. The highest BCUT2D eigenvalue weighted by molar-refractivity contribution is 9.10. The van der Waals surface area contributed by atoms with Gasteiger partial charge in [-0.25, -0.2) is 9.18 Å². The standard InChI is InChI=1S/C16H14BrFN2O3/c1-20(9-11-7-12(17)4-5-13(11)18)15(21)14-6-3-10(8-19-14)16(22)23-2/h3-8H,9H2,1-2H3. The van der Waals surface area contributed by atoms with Crippen LogP contribution in [0.4, 0.5) is 4.39 Å². The van der Waals surface area contributed by atoms with Crippen LogP contribution in [0.5, 0.6) is 0 Å². The number of benzene rings is 1. The Kier molecular flexibility index (Phi) is 5.44. The second kappa shape index (κ2) is 7.32. The molecule has 5 nitrogen and oxygen atoms in total. The number of halogens is 2. The third-order valence-electron chi connectivity index (χ3n) is 3.17. The summed E-state index contributed by atoms with van der Waals surface area (Å²) in [5, 5.41) is 0. The number of pyridine rings is 1. The van der Waals surface area contributed by atoms with Gasteiger partial charge in [-0.05, 0) is 30.3 Å². The van der Waals surface area contributed by atoms with Crippen molar-refractivity contribution in [2.75, 3.05) is 14.2 Å². The smallest absolute Gasteiger partial charge is 0.339 e. The Hall–Kier alpha value is -2.28. The minimum Gasteiger partial charge on any atom is -0.465 e. The molecule has 7 heteroatoms. The molecule has 0 saturated heterocycles. The predicted molar refractivity (Wildman–Crippen MR) is 85.5 cm³/mol. The van der Waals surface area contributed by atoms with Crippen molar-refractivity contribution in [1.29, 1.82) is 0 Å². The molecule has 0 radical (unpaired) electrons. The van der Waals surface area contributed by atoms with Crippen molar-refractivity contribution < 1.29 is 18.7 Å². The van der Waals surface area contributed by atoms with E-state index in [0.29, 0.717) is 5.56 Å². The van der Waals surface area contributed by atoms with Crippen molar-refractivity contribution >= 4 is 27.8 Å². The Bertz CT molecular complexity index is 735. The summed E-state index contributed by atoms with van der Waals surface area (Å²) in [4.78, 5) is 29.0. The highest BCUT2D eigenvalue weighted by Crippen LogP contribution is 2.17. The monoisotopic (exact) mass is 380 g/mol. The average molecular weight is 381 g/mol. The first-order valence-corrected chi connectivity index (χ1v) is 7.45. The quantitative estimate of drug-likeness (QED) is 0.764. The molecule has 2 rings (SSSR count). The minimum atomic E-state index is -0.527. The number of nitrogens with zero attached hydrogens (tertiary/aromatic N) is 2. The summed E-state index contributed by atoms with van der Waals surface area (Å²) in [5.74, 6) is -1.29. The van der Waals surface area contributed by atoms with Crippen LogP contribution in [0.1, 0.15) is 26.4 Å². The van der Waals surface area contributed by atoms with Crippen LogP contribution in [-0.2, 0) is 11.3 Å². The van der Waals surface area contributed by atoms with Crippen molar-refractivity contribution in [3.05, 3.63) is 63.6 Å². The van der Waals surface area contributed by atoms with Crippen molar-refractivity contribution in [3.8, 4) is 0 Å². The number of carbonyl (C=O) groups excluding carboxylic acids is 2. The summed E-state index contributed by atoms with van der Waals surface area (Å²) < 4.78 is 19.0. The van der Waals surface area contributed by atoms with Gasteiger partial charge in [-0.2, -0.15) is 0 Å². The molecule has 1 aromatic carbocycles. The molecule has 1 heterocycles. The number of esters is 1. The van der Waals surface area contributed by atoms with E-state index in [1.54, 1.807) is 19.2 Å². The third kappa shape index (κ3) is 4.13. The van der Waals surface area contributed by atoms with E-state index in [9.17, 15) is 14.0 Å². The summed E-state index contributed by atoms with van der Waals surface area (Å²) in [6.07, 6.45) is 1.27. The summed E-state index contributed by atoms with van der Waals surface area (Å²) in [5.41, 5.74) is 0.807. The molecule has 0 unspecified atom stereocenters. The zero-order valence-corrected chi connectivity index (χ0v) is 14.1. The molecule has 120 valence electrons. The normalized spacial score (nSPS) is 10.3. The fourth-order valence-corrected chi connectivity index (χ4v) is 2.35. The lowest BCUT2D eigenvalue weighted by molar-refractivity contribution is 0.0599. The zero-order valence-electron chi connectivity index (χ0n) is 12.5. The van der Waals surface area contributed by atoms with Gasteiger partial charge < -0.3 is 9.64 Å². The number of methoxy groups -OCH3 is 1. The molecule has 0 saturated carbocycles. The number of aromatic nitrogens is 1. The van der Waals surface area contributed by atoms with E-state index in [0.717, 1.165) is 4.47 Å². The van der Waals surface area contributed by atoms with Gasteiger partial charge in [0.25, 0.3) is 5.91 Å². The zero-order chi connectivity index (χ0) is 17.0. The highest BCUT2D eigenvalue weighted by atomic mass is 79.9. The van der Waals surface area contributed by atoms with Crippen LogP contribution in [0.15, 0.2) is 41.0 Å². The Morgan fingerprint density at radius 1 is 1.30 bits per heavy atom. The van der Waals surface area contributed by atoms with Crippen molar-refractivity contribution in [3.63, 3.8) is 0 Å². The summed E-state index contributed by atoms with van der Waals surface area (Å²) in [6, 6.07) is 7.43. The average Bonchev–Trinajstić information content (AvgIpc) is 2.56. The Labute approximate surface area is 141 Å². The van der Waals surface area contributed by atoms with Crippen LogP contribution >= 0.6 is 15.9 Å². The topological polar surface area (TPSA) is 59.5 Å². The van der Waals surface area contributed by atoms with Gasteiger partial charge in [0.15, 0.2) is 0 Å². The molecular formula is C16H14BrFN2O3. The first-order chi connectivity index (χ1) is 10.9. The van der Waals surface area contributed by atoms with Crippen molar-refractivity contribution in [1.82, 2.24) is 9.88 Å². The van der Waals surface area contributed by atoms with Crippen LogP contribution in [0.2, 0.25) is 0 Å². The first-order valence-electron chi connectivity index (χ1n) is 6.66. The molecular weight excluding hydrogens is 367 g/mol. The number of hydrogen-bond acceptors (Lipinski definition) is 4. The fourth-order valence-electron chi connectivity index (χ4n) is 1.95. The van der Waals surface area contributed by atoms with E-state index < -0.39 is 5.97 Å². The number of rotatable bonds is 4. The van der Waals surface area contributed by atoms with Gasteiger partial charge in [0, 0.05) is 29.8 Å². The maximum atomic E-state index is 13.8. The molecule has 0 aliphatic heterocycles. The maximum Gasteiger partial charge on any atom is 0.339 e. The van der Waals surface area contributed by atoms with Crippen LogP contribution in [-0.4, -0.2) is 35.9 Å². The summed E-state index contributed by atoms with van der Waals surface area (Å²) in [6.45, 7) is 0.102. The molecule has 0 N–H and O–H groups in total. The minimum absolute atomic E-state index is 0.102. The second-order valence-electron chi connectivity index (χ2n) is 4.82. The highest BCUT2D eigenvalue weighted by Gasteiger charge is 2.16. The molecule has 0 aliphatic carbocycles. The molecule has 23 heavy (non-hydrogen) atoms. The first kappa shape index (κ1) is 17.1.